The van der Waals surface area contributed by atoms with Gasteiger partial charge in [0.1, 0.15) is 0 Å². The molecule has 1 amide bonds. The van der Waals surface area contributed by atoms with Gasteiger partial charge in [0.25, 0.3) is 5.91 Å². The van der Waals surface area contributed by atoms with Crippen molar-refractivity contribution in [3.63, 3.8) is 0 Å². The zero-order valence-electron chi connectivity index (χ0n) is 9.41. The smallest absolute Gasteiger partial charge is 0.257 e. The number of rotatable bonds is 1. The van der Waals surface area contributed by atoms with E-state index in [1.807, 2.05) is 32.0 Å². The molecule has 1 heterocycles. The highest BCUT2D eigenvalue weighted by Crippen LogP contribution is 2.13. The van der Waals surface area contributed by atoms with Gasteiger partial charge in [-0.25, -0.2) is 0 Å². The molecule has 0 unspecified atom stereocenters. The van der Waals surface area contributed by atoms with E-state index in [2.05, 4.69) is 10.3 Å². The van der Waals surface area contributed by atoms with Crippen LogP contribution in [-0.4, -0.2) is 23.4 Å². The number of nitrogens with zero attached hydrogens (tertiary/aromatic N) is 1. The molecule has 0 aliphatic carbocycles. The van der Waals surface area contributed by atoms with E-state index in [0.29, 0.717) is 0 Å². The van der Waals surface area contributed by atoms with Gasteiger partial charge in [-0.05, 0) is 25.5 Å². The second kappa shape index (κ2) is 4.70. The molecule has 1 aliphatic rings. The van der Waals surface area contributed by atoms with E-state index in [-0.39, 0.29) is 5.91 Å². The normalized spacial score (nSPS) is 14.8. The highest BCUT2D eigenvalue weighted by Gasteiger charge is 2.13. The average Bonchev–Trinajstić information content (AvgIpc) is 2.70. The molecule has 1 N–H and O–H groups in total. The molecule has 0 fully saturated rings. The van der Waals surface area contributed by atoms with Gasteiger partial charge in [-0.15, -0.1) is 0 Å². The Morgan fingerprint density at radius 2 is 2.25 bits per heavy atom. The predicted octanol–water partition coefficient (Wildman–Crippen LogP) is 2.14. The van der Waals surface area contributed by atoms with Crippen LogP contribution in [0.2, 0.25) is 0 Å². The molecular formula is C12H14N2OS. The second-order valence-electron chi connectivity index (χ2n) is 3.81. The summed E-state index contributed by atoms with van der Waals surface area (Å²) in [5.74, 6) is 0.897. The molecule has 0 radical (unpaired) electrons. The van der Waals surface area contributed by atoms with Gasteiger partial charge >= 0.3 is 0 Å². The van der Waals surface area contributed by atoms with Crippen molar-refractivity contribution in [1.82, 2.24) is 5.32 Å². The lowest BCUT2D eigenvalue weighted by atomic mass is 10.1. The van der Waals surface area contributed by atoms with Crippen LogP contribution in [0.1, 0.15) is 21.5 Å². The maximum atomic E-state index is 11.9. The van der Waals surface area contributed by atoms with Crippen molar-refractivity contribution in [1.29, 1.82) is 0 Å². The minimum absolute atomic E-state index is 0.0642. The number of aryl methyl sites for hydroxylation is 2. The third-order valence-corrected chi connectivity index (χ3v) is 3.32. The van der Waals surface area contributed by atoms with Gasteiger partial charge in [-0.2, -0.15) is 0 Å². The van der Waals surface area contributed by atoms with Gasteiger partial charge in [-0.3, -0.25) is 9.79 Å². The average molecular weight is 234 g/mol. The highest BCUT2D eigenvalue weighted by atomic mass is 32.2. The van der Waals surface area contributed by atoms with Crippen LogP contribution in [0.3, 0.4) is 0 Å². The summed E-state index contributed by atoms with van der Waals surface area (Å²) in [7, 11) is 0. The largest absolute Gasteiger partial charge is 0.301 e. The Morgan fingerprint density at radius 1 is 1.44 bits per heavy atom. The highest BCUT2D eigenvalue weighted by molar-refractivity contribution is 8.14. The van der Waals surface area contributed by atoms with E-state index < -0.39 is 0 Å². The van der Waals surface area contributed by atoms with Crippen molar-refractivity contribution in [3.05, 3.63) is 34.9 Å². The molecular weight excluding hydrogens is 220 g/mol. The third kappa shape index (κ3) is 2.44. The van der Waals surface area contributed by atoms with Crippen molar-refractivity contribution < 1.29 is 4.79 Å². The van der Waals surface area contributed by atoms with E-state index in [0.717, 1.165) is 28.6 Å². The minimum Gasteiger partial charge on any atom is -0.301 e. The summed E-state index contributed by atoms with van der Waals surface area (Å²) in [6.45, 7) is 4.77. The molecule has 1 aliphatic heterocycles. The number of aliphatic imine (C=N–C) groups is 1. The number of benzene rings is 1. The molecule has 1 aromatic rings. The van der Waals surface area contributed by atoms with Crippen molar-refractivity contribution >= 4 is 22.8 Å². The quantitative estimate of drug-likeness (QED) is 0.808. The van der Waals surface area contributed by atoms with Gasteiger partial charge < -0.3 is 5.32 Å². The van der Waals surface area contributed by atoms with Gasteiger partial charge in [-0.1, -0.05) is 29.5 Å². The molecule has 16 heavy (non-hydrogen) atoms. The van der Waals surface area contributed by atoms with Gasteiger partial charge in [0.05, 0.1) is 6.54 Å². The molecule has 0 bridgehead atoms. The van der Waals surface area contributed by atoms with Crippen LogP contribution in [0.15, 0.2) is 23.2 Å². The van der Waals surface area contributed by atoms with Crippen LogP contribution in [0, 0.1) is 13.8 Å². The van der Waals surface area contributed by atoms with E-state index >= 15 is 0 Å². The molecule has 84 valence electrons. The number of amides is 1. The number of amidine groups is 1. The van der Waals surface area contributed by atoms with Crippen molar-refractivity contribution in [3.8, 4) is 0 Å². The first-order valence-corrected chi connectivity index (χ1v) is 6.21. The molecule has 0 aromatic heterocycles. The topological polar surface area (TPSA) is 41.5 Å². The number of carbonyl (C=O) groups is 1. The van der Waals surface area contributed by atoms with Crippen LogP contribution in [-0.2, 0) is 0 Å². The fourth-order valence-corrected chi connectivity index (χ4v) is 2.37. The summed E-state index contributed by atoms with van der Waals surface area (Å²) in [6, 6.07) is 5.82. The third-order valence-electron chi connectivity index (χ3n) is 2.43. The summed E-state index contributed by atoms with van der Waals surface area (Å²) >= 11 is 1.59. The van der Waals surface area contributed by atoms with Crippen LogP contribution in [0.5, 0.6) is 0 Å². The van der Waals surface area contributed by atoms with Gasteiger partial charge in [0, 0.05) is 11.3 Å². The maximum Gasteiger partial charge on any atom is 0.257 e. The fraction of sp³-hybridized carbons (Fsp3) is 0.333. The summed E-state index contributed by atoms with van der Waals surface area (Å²) < 4.78 is 0. The number of nitrogens with one attached hydrogen (secondary N) is 1. The zero-order valence-corrected chi connectivity index (χ0v) is 10.2. The van der Waals surface area contributed by atoms with E-state index in [1.54, 1.807) is 11.8 Å². The Kier molecular flexibility index (Phi) is 3.29. The van der Waals surface area contributed by atoms with Crippen molar-refractivity contribution in [2.24, 2.45) is 4.99 Å². The molecule has 0 saturated heterocycles. The van der Waals surface area contributed by atoms with Gasteiger partial charge in [0.15, 0.2) is 5.17 Å². The molecule has 4 heteroatoms. The van der Waals surface area contributed by atoms with Crippen LogP contribution >= 0.6 is 11.8 Å². The molecule has 0 spiro atoms. The maximum absolute atomic E-state index is 11.9. The number of hydrogen-bond donors (Lipinski definition) is 1. The zero-order chi connectivity index (χ0) is 11.5. The molecule has 3 nitrogen and oxygen atoms in total. The Balaban J connectivity index is 2.14. The fourth-order valence-electron chi connectivity index (χ4n) is 1.64. The van der Waals surface area contributed by atoms with Crippen LogP contribution < -0.4 is 5.32 Å². The minimum atomic E-state index is -0.0642. The first kappa shape index (κ1) is 11.2. The molecule has 1 aromatic carbocycles. The first-order valence-electron chi connectivity index (χ1n) is 5.22. The first-order chi connectivity index (χ1) is 7.66. The van der Waals surface area contributed by atoms with Crippen LogP contribution in [0.4, 0.5) is 0 Å². The van der Waals surface area contributed by atoms with E-state index in [4.69, 9.17) is 0 Å². The molecule has 0 atom stereocenters. The monoisotopic (exact) mass is 234 g/mol. The number of thioether (sulfide) groups is 1. The Morgan fingerprint density at radius 3 is 2.88 bits per heavy atom. The van der Waals surface area contributed by atoms with Crippen molar-refractivity contribution in [2.75, 3.05) is 12.3 Å². The Hall–Kier alpha value is -1.29. The molecule has 2 rings (SSSR count). The summed E-state index contributed by atoms with van der Waals surface area (Å²) in [5, 5.41) is 3.57. The summed E-state index contributed by atoms with van der Waals surface area (Å²) in [5.41, 5.74) is 2.89. The number of carbonyl (C=O) groups excluding carboxylic acids is 1. The van der Waals surface area contributed by atoms with E-state index in [1.165, 1.54) is 5.56 Å². The lowest BCUT2D eigenvalue weighted by Gasteiger charge is -2.07. The summed E-state index contributed by atoms with van der Waals surface area (Å²) in [4.78, 5) is 16.1. The predicted molar refractivity (Wildman–Crippen MR) is 68.1 cm³/mol. The lowest BCUT2D eigenvalue weighted by molar-refractivity contribution is 0.0977. The lowest BCUT2D eigenvalue weighted by Crippen LogP contribution is -2.27. The van der Waals surface area contributed by atoms with Crippen molar-refractivity contribution in [2.45, 2.75) is 13.8 Å². The van der Waals surface area contributed by atoms with Gasteiger partial charge in [0.2, 0.25) is 0 Å². The second-order valence-corrected chi connectivity index (χ2v) is 4.89. The van der Waals surface area contributed by atoms with E-state index in [9.17, 15) is 4.79 Å². The SMILES string of the molecule is Cc1ccc(C(=O)NC2=NCCS2)c(C)c1. The summed E-state index contributed by atoms with van der Waals surface area (Å²) in [6.07, 6.45) is 0. The standard InChI is InChI=1S/C12H14N2OS/c1-8-3-4-10(9(2)7-8)11(15)14-12-13-5-6-16-12/h3-4,7H,5-6H2,1-2H3,(H,13,14,15). The molecule has 0 saturated carbocycles. The number of hydrogen-bond acceptors (Lipinski definition) is 3. The Labute approximate surface area is 99.3 Å². The van der Waals surface area contributed by atoms with Crippen LogP contribution in [0.25, 0.3) is 0 Å². The Bertz CT molecular complexity index is 454.